The third-order valence-corrected chi connectivity index (χ3v) is 4.09. The molecule has 5 nitrogen and oxygen atoms in total. The lowest BCUT2D eigenvalue weighted by Gasteiger charge is -2.41. The Morgan fingerprint density at radius 1 is 1.33 bits per heavy atom. The number of allylic oxidation sites excluding steroid dienone is 2. The number of carbonyl (C=O) groups is 1. The number of rotatable bonds is 7. The average Bonchev–Trinajstić information content (AvgIpc) is 2.51. The first-order valence-corrected chi connectivity index (χ1v) is 8.35. The SMILES string of the molecule is CC1(C)OCC(CC=CCCCC(=O)O)C(c2ccccc2O)O1. The summed E-state index contributed by atoms with van der Waals surface area (Å²) in [6, 6.07) is 7.23. The van der Waals surface area contributed by atoms with Gasteiger partial charge in [0.2, 0.25) is 0 Å². The van der Waals surface area contributed by atoms with Crippen LogP contribution in [0.4, 0.5) is 0 Å². The van der Waals surface area contributed by atoms with E-state index in [4.69, 9.17) is 14.6 Å². The van der Waals surface area contributed by atoms with Crippen LogP contribution in [-0.2, 0) is 14.3 Å². The first-order chi connectivity index (χ1) is 11.4. The lowest BCUT2D eigenvalue weighted by molar-refractivity contribution is -0.295. The maximum absolute atomic E-state index is 10.5. The number of benzene rings is 1. The Morgan fingerprint density at radius 3 is 2.79 bits per heavy atom. The van der Waals surface area contributed by atoms with E-state index in [1.54, 1.807) is 12.1 Å². The largest absolute Gasteiger partial charge is 0.508 e. The van der Waals surface area contributed by atoms with E-state index in [0.717, 1.165) is 18.4 Å². The van der Waals surface area contributed by atoms with Gasteiger partial charge in [0, 0.05) is 17.9 Å². The van der Waals surface area contributed by atoms with Crippen molar-refractivity contribution >= 4 is 5.97 Å². The van der Waals surface area contributed by atoms with Gasteiger partial charge in [0.05, 0.1) is 12.7 Å². The molecule has 2 unspecified atom stereocenters. The molecule has 0 aliphatic carbocycles. The maximum Gasteiger partial charge on any atom is 0.303 e. The van der Waals surface area contributed by atoms with E-state index >= 15 is 0 Å². The van der Waals surface area contributed by atoms with Crippen LogP contribution < -0.4 is 0 Å². The number of hydrogen-bond acceptors (Lipinski definition) is 4. The predicted molar refractivity (Wildman–Crippen MR) is 90.7 cm³/mol. The van der Waals surface area contributed by atoms with E-state index in [2.05, 4.69) is 0 Å². The lowest BCUT2D eigenvalue weighted by atomic mass is 9.91. The number of ether oxygens (including phenoxy) is 2. The Balaban J connectivity index is 2.00. The zero-order chi connectivity index (χ0) is 17.6. The number of para-hydroxylation sites is 1. The number of carboxylic acid groups (broad SMARTS) is 1. The van der Waals surface area contributed by atoms with Crippen LogP contribution >= 0.6 is 0 Å². The standard InChI is InChI=1S/C19H26O5/c1-19(2)23-13-14(9-5-3-4-6-12-17(21)22)18(24-19)15-10-7-8-11-16(15)20/h3,5,7-8,10-11,14,18,20H,4,6,9,12-13H2,1-2H3,(H,21,22). The van der Waals surface area contributed by atoms with Crippen molar-refractivity contribution in [2.24, 2.45) is 5.92 Å². The first-order valence-electron chi connectivity index (χ1n) is 8.35. The van der Waals surface area contributed by atoms with Crippen LogP contribution in [0.25, 0.3) is 0 Å². The molecule has 24 heavy (non-hydrogen) atoms. The number of aromatic hydroxyl groups is 1. The van der Waals surface area contributed by atoms with Crippen LogP contribution in [0, 0.1) is 5.92 Å². The van der Waals surface area contributed by atoms with E-state index < -0.39 is 11.8 Å². The van der Waals surface area contributed by atoms with E-state index in [9.17, 15) is 9.90 Å². The van der Waals surface area contributed by atoms with Crippen LogP contribution in [0.3, 0.4) is 0 Å². The molecular weight excluding hydrogens is 308 g/mol. The molecule has 0 amide bonds. The van der Waals surface area contributed by atoms with Crippen LogP contribution in [0.1, 0.15) is 51.2 Å². The van der Waals surface area contributed by atoms with Crippen molar-refractivity contribution in [3.05, 3.63) is 42.0 Å². The number of aliphatic carboxylic acids is 1. The molecule has 132 valence electrons. The quantitative estimate of drug-likeness (QED) is 0.581. The monoisotopic (exact) mass is 334 g/mol. The molecule has 1 aliphatic heterocycles. The average molecular weight is 334 g/mol. The number of hydrogen-bond donors (Lipinski definition) is 2. The van der Waals surface area contributed by atoms with Crippen molar-refractivity contribution in [2.75, 3.05) is 6.61 Å². The van der Waals surface area contributed by atoms with Crippen molar-refractivity contribution in [3.63, 3.8) is 0 Å². The molecule has 1 saturated heterocycles. The topological polar surface area (TPSA) is 76.0 Å². The molecule has 1 heterocycles. The predicted octanol–water partition coefficient (Wildman–Crippen LogP) is 4.03. The second-order valence-corrected chi connectivity index (χ2v) is 6.56. The molecule has 1 aliphatic rings. The van der Waals surface area contributed by atoms with Crippen molar-refractivity contribution in [1.82, 2.24) is 0 Å². The smallest absolute Gasteiger partial charge is 0.303 e. The molecule has 1 aromatic rings. The molecule has 2 rings (SSSR count). The fourth-order valence-corrected chi connectivity index (χ4v) is 2.83. The third kappa shape index (κ3) is 5.35. The highest BCUT2D eigenvalue weighted by Crippen LogP contribution is 2.41. The summed E-state index contributed by atoms with van der Waals surface area (Å²) >= 11 is 0. The van der Waals surface area contributed by atoms with Gasteiger partial charge >= 0.3 is 5.97 Å². The van der Waals surface area contributed by atoms with E-state index in [1.807, 2.05) is 38.1 Å². The molecule has 1 fully saturated rings. The highest BCUT2D eigenvalue weighted by molar-refractivity contribution is 5.66. The number of phenols is 1. The lowest BCUT2D eigenvalue weighted by Crippen LogP contribution is -2.41. The highest BCUT2D eigenvalue weighted by Gasteiger charge is 2.37. The highest BCUT2D eigenvalue weighted by atomic mass is 16.7. The van der Waals surface area contributed by atoms with E-state index in [0.29, 0.717) is 13.0 Å². The Kier molecular flexibility index (Phi) is 6.40. The summed E-state index contributed by atoms with van der Waals surface area (Å²) < 4.78 is 11.8. The van der Waals surface area contributed by atoms with Crippen LogP contribution in [-0.4, -0.2) is 28.6 Å². The van der Waals surface area contributed by atoms with Gasteiger partial charge < -0.3 is 19.7 Å². The van der Waals surface area contributed by atoms with Gasteiger partial charge in [-0.05, 0) is 39.2 Å². The zero-order valence-corrected chi connectivity index (χ0v) is 14.3. The third-order valence-electron chi connectivity index (χ3n) is 4.09. The summed E-state index contributed by atoms with van der Waals surface area (Å²) in [6.07, 6.45) is 6.14. The van der Waals surface area contributed by atoms with Gasteiger partial charge in [-0.15, -0.1) is 0 Å². The molecule has 5 heteroatoms. The molecule has 2 atom stereocenters. The second-order valence-electron chi connectivity index (χ2n) is 6.56. The minimum Gasteiger partial charge on any atom is -0.508 e. The maximum atomic E-state index is 10.5. The van der Waals surface area contributed by atoms with Crippen LogP contribution in [0.15, 0.2) is 36.4 Å². The van der Waals surface area contributed by atoms with Gasteiger partial charge in [-0.3, -0.25) is 4.79 Å². The van der Waals surface area contributed by atoms with Gasteiger partial charge in [-0.2, -0.15) is 0 Å². The van der Waals surface area contributed by atoms with Crippen molar-refractivity contribution in [2.45, 2.75) is 51.4 Å². The summed E-state index contributed by atoms with van der Waals surface area (Å²) in [6.45, 7) is 4.29. The summed E-state index contributed by atoms with van der Waals surface area (Å²) in [7, 11) is 0. The molecule has 0 radical (unpaired) electrons. The fraction of sp³-hybridized carbons (Fsp3) is 0.526. The molecule has 0 bridgehead atoms. The fourth-order valence-electron chi connectivity index (χ4n) is 2.83. The number of phenolic OH excluding ortho intramolecular Hbond substituents is 1. The van der Waals surface area contributed by atoms with Crippen molar-refractivity contribution < 1.29 is 24.5 Å². The van der Waals surface area contributed by atoms with Gasteiger partial charge in [0.15, 0.2) is 5.79 Å². The van der Waals surface area contributed by atoms with Crippen LogP contribution in [0.5, 0.6) is 5.75 Å². The first kappa shape index (κ1) is 18.5. The number of unbranched alkanes of at least 4 members (excludes halogenated alkanes) is 1. The minimum atomic E-state index is -0.765. The second kappa shape index (κ2) is 8.31. The summed E-state index contributed by atoms with van der Waals surface area (Å²) in [5, 5.41) is 18.8. The Labute approximate surface area is 142 Å². The van der Waals surface area contributed by atoms with E-state index in [-0.39, 0.29) is 24.2 Å². The Hall–Kier alpha value is -1.85. The number of carboxylic acids is 1. The van der Waals surface area contributed by atoms with E-state index in [1.165, 1.54) is 0 Å². The van der Waals surface area contributed by atoms with Gasteiger partial charge in [0.1, 0.15) is 5.75 Å². The molecule has 2 N–H and O–H groups in total. The molecule has 0 saturated carbocycles. The van der Waals surface area contributed by atoms with Gasteiger partial charge in [-0.1, -0.05) is 30.4 Å². The summed E-state index contributed by atoms with van der Waals surface area (Å²) in [5.74, 6) is -1.12. The summed E-state index contributed by atoms with van der Waals surface area (Å²) in [4.78, 5) is 10.5. The Morgan fingerprint density at radius 2 is 2.08 bits per heavy atom. The van der Waals surface area contributed by atoms with Crippen molar-refractivity contribution in [1.29, 1.82) is 0 Å². The van der Waals surface area contributed by atoms with Crippen molar-refractivity contribution in [3.8, 4) is 5.75 Å². The molecule has 0 aromatic heterocycles. The minimum absolute atomic E-state index is 0.0991. The van der Waals surface area contributed by atoms with Gasteiger partial charge in [-0.25, -0.2) is 0 Å². The Bertz CT molecular complexity index is 579. The normalized spacial score (nSPS) is 23.4. The van der Waals surface area contributed by atoms with Gasteiger partial charge in [0.25, 0.3) is 0 Å². The van der Waals surface area contributed by atoms with Crippen LogP contribution in [0.2, 0.25) is 0 Å². The zero-order valence-electron chi connectivity index (χ0n) is 14.3. The summed E-state index contributed by atoms with van der Waals surface area (Å²) in [5.41, 5.74) is 0.776. The molecular formula is C19H26O5. The molecule has 0 spiro atoms. The molecule has 1 aromatic carbocycles.